The van der Waals surface area contributed by atoms with E-state index in [2.05, 4.69) is 16.4 Å². The number of benzene rings is 2. The topological polar surface area (TPSA) is 62.3 Å². The lowest BCUT2D eigenvalue weighted by Gasteiger charge is -2.28. The van der Waals surface area contributed by atoms with Gasteiger partial charge in [-0.25, -0.2) is 4.98 Å². The van der Waals surface area contributed by atoms with E-state index in [1.54, 1.807) is 34.5 Å². The smallest absolute Gasteiger partial charge is 0.273 e. The van der Waals surface area contributed by atoms with Gasteiger partial charge in [0.05, 0.1) is 0 Å². The van der Waals surface area contributed by atoms with E-state index in [-0.39, 0.29) is 11.8 Å². The highest BCUT2D eigenvalue weighted by Gasteiger charge is 2.23. The van der Waals surface area contributed by atoms with Gasteiger partial charge in [-0.3, -0.25) is 14.9 Å². The third kappa shape index (κ3) is 3.86. The molecule has 0 fully saturated rings. The zero-order valence-electron chi connectivity index (χ0n) is 14.3. The molecule has 2 heterocycles. The summed E-state index contributed by atoms with van der Waals surface area (Å²) in [6.07, 6.45) is 0.839. The second-order valence-corrected chi connectivity index (χ2v) is 7.54. The monoisotopic (exact) mass is 397 g/mol. The Labute approximate surface area is 165 Å². The molecule has 1 aliphatic rings. The lowest BCUT2D eigenvalue weighted by atomic mass is 10.00. The van der Waals surface area contributed by atoms with Gasteiger partial charge in [0.1, 0.15) is 5.69 Å². The summed E-state index contributed by atoms with van der Waals surface area (Å²) in [5.74, 6) is -0.403. The predicted octanol–water partition coefficient (Wildman–Crippen LogP) is 4.25. The zero-order valence-corrected chi connectivity index (χ0v) is 15.9. The summed E-state index contributed by atoms with van der Waals surface area (Å²) in [6.45, 7) is 1.25. The van der Waals surface area contributed by atoms with E-state index >= 15 is 0 Å². The fraction of sp³-hybridized carbons (Fsp3) is 0.150. The first-order valence-electron chi connectivity index (χ1n) is 8.48. The normalized spacial score (nSPS) is 13.1. The number of anilines is 1. The van der Waals surface area contributed by atoms with Gasteiger partial charge in [0.2, 0.25) is 0 Å². The van der Waals surface area contributed by atoms with Crippen LogP contribution in [0.5, 0.6) is 0 Å². The summed E-state index contributed by atoms with van der Waals surface area (Å²) in [5.41, 5.74) is 3.29. The summed E-state index contributed by atoms with van der Waals surface area (Å²) in [7, 11) is 0. The average molecular weight is 398 g/mol. The quantitative estimate of drug-likeness (QED) is 0.718. The van der Waals surface area contributed by atoms with E-state index in [4.69, 9.17) is 11.6 Å². The molecule has 4 rings (SSSR count). The van der Waals surface area contributed by atoms with Gasteiger partial charge in [-0.15, -0.1) is 11.3 Å². The molecule has 0 bridgehead atoms. The van der Waals surface area contributed by atoms with Crippen molar-refractivity contribution in [2.75, 3.05) is 11.9 Å². The number of rotatable bonds is 3. The van der Waals surface area contributed by atoms with Gasteiger partial charge in [-0.2, -0.15) is 0 Å². The molecule has 7 heteroatoms. The molecule has 3 aromatic rings. The minimum atomic E-state index is -0.285. The average Bonchev–Trinajstić information content (AvgIpc) is 3.16. The van der Waals surface area contributed by atoms with Gasteiger partial charge in [0, 0.05) is 29.1 Å². The number of fused-ring (bicyclic) bond motifs is 1. The standard InChI is InChI=1S/C20H16ClN3O2S/c21-16-7-5-14(6-8-16)18(25)23-20-22-17(12-27-20)19(26)24-10-9-13-3-1-2-4-15(13)11-24/h1-8,12H,9-11H2,(H,22,23,25). The lowest BCUT2D eigenvalue weighted by molar-refractivity contribution is 0.0729. The first kappa shape index (κ1) is 17.7. The molecule has 0 aliphatic carbocycles. The van der Waals surface area contributed by atoms with Crippen LogP contribution < -0.4 is 5.32 Å². The predicted molar refractivity (Wildman–Crippen MR) is 106 cm³/mol. The van der Waals surface area contributed by atoms with E-state index in [0.29, 0.717) is 34.5 Å². The fourth-order valence-corrected chi connectivity index (χ4v) is 3.84. The van der Waals surface area contributed by atoms with Crippen LogP contribution in [0.2, 0.25) is 5.02 Å². The number of hydrogen-bond donors (Lipinski definition) is 1. The summed E-state index contributed by atoms with van der Waals surface area (Å²) < 4.78 is 0. The second-order valence-electron chi connectivity index (χ2n) is 6.24. The third-order valence-electron chi connectivity index (χ3n) is 4.47. The van der Waals surface area contributed by atoms with Crippen LogP contribution in [0.1, 0.15) is 32.0 Å². The van der Waals surface area contributed by atoms with Crippen molar-refractivity contribution in [1.29, 1.82) is 0 Å². The van der Waals surface area contributed by atoms with Crippen LogP contribution in [0.3, 0.4) is 0 Å². The van der Waals surface area contributed by atoms with Crippen molar-refractivity contribution in [3.8, 4) is 0 Å². The van der Waals surface area contributed by atoms with Crippen molar-refractivity contribution >= 4 is 39.9 Å². The molecule has 0 spiro atoms. The molecule has 0 saturated heterocycles. The van der Waals surface area contributed by atoms with Crippen LogP contribution in [0.15, 0.2) is 53.9 Å². The highest BCUT2D eigenvalue weighted by Crippen LogP contribution is 2.23. The van der Waals surface area contributed by atoms with E-state index in [1.165, 1.54) is 22.5 Å². The number of nitrogens with one attached hydrogen (secondary N) is 1. The Balaban J connectivity index is 1.44. The number of thiazole rings is 1. The van der Waals surface area contributed by atoms with Crippen molar-refractivity contribution in [3.05, 3.63) is 81.3 Å². The number of nitrogens with zero attached hydrogens (tertiary/aromatic N) is 2. The summed E-state index contributed by atoms with van der Waals surface area (Å²) in [4.78, 5) is 31.1. The van der Waals surface area contributed by atoms with Crippen LogP contribution in [-0.4, -0.2) is 28.2 Å². The molecule has 1 aliphatic heterocycles. The molecule has 2 aromatic carbocycles. The molecule has 1 N–H and O–H groups in total. The number of carbonyl (C=O) groups excluding carboxylic acids is 2. The molecule has 136 valence electrons. The summed E-state index contributed by atoms with van der Waals surface area (Å²) in [6, 6.07) is 14.7. The van der Waals surface area contributed by atoms with E-state index in [0.717, 1.165) is 6.42 Å². The Bertz CT molecular complexity index is 1000. The highest BCUT2D eigenvalue weighted by molar-refractivity contribution is 7.14. The first-order valence-corrected chi connectivity index (χ1v) is 9.74. The molecular formula is C20H16ClN3O2S. The highest BCUT2D eigenvalue weighted by atomic mass is 35.5. The van der Waals surface area contributed by atoms with Gasteiger partial charge >= 0.3 is 0 Å². The van der Waals surface area contributed by atoms with E-state index in [9.17, 15) is 9.59 Å². The Morgan fingerprint density at radius 3 is 2.59 bits per heavy atom. The van der Waals surface area contributed by atoms with Gasteiger partial charge < -0.3 is 4.90 Å². The number of carbonyl (C=O) groups is 2. The van der Waals surface area contributed by atoms with Crippen LogP contribution >= 0.6 is 22.9 Å². The van der Waals surface area contributed by atoms with Crippen molar-refractivity contribution < 1.29 is 9.59 Å². The Hall–Kier alpha value is -2.70. The van der Waals surface area contributed by atoms with Crippen molar-refractivity contribution in [2.24, 2.45) is 0 Å². The first-order chi connectivity index (χ1) is 13.1. The maximum absolute atomic E-state index is 12.8. The molecule has 27 heavy (non-hydrogen) atoms. The maximum Gasteiger partial charge on any atom is 0.273 e. The largest absolute Gasteiger partial charge is 0.333 e. The molecule has 0 atom stereocenters. The van der Waals surface area contributed by atoms with Crippen molar-refractivity contribution in [3.63, 3.8) is 0 Å². The van der Waals surface area contributed by atoms with Gasteiger partial charge in [0.15, 0.2) is 5.13 Å². The van der Waals surface area contributed by atoms with Crippen LogP contribution in [0, 0.1) is 0 Å². The van der Waals surface area contributed by atoms with Crippen molar-refractivity contribution in [2.45, 2.75) is 13.0 Å². The molecule has 1 aromatic heterocycles. The van der Waals surface area contributed by atoms with Gasteiger partial charge in [0.25, 0.3) is 11.8 Å². The Kier molecular flexibility index (Phi) is 4.92. The van der Waals surface area contributed by atoms with Gasteiger partial charge in [-0.1, -0.05) is 35.9 Å². The third-order valence-corrected chi connectivity index (χ3v) is 5.48. The fourth-order valence-electron chi connectivity index (χ4n) is 3.03. The number of amides is 2. The Morgan fingerprint density at radius 1 is 1.07 bits per heavy atom. The van der Waals surface area contributed by atoms with Crippen molar-refractivity contribution in [1.82, 2.24) is 9.88 Å². The van der Waals surface area contributed by atoms with Crippen LogP contribution in [0.4, 0.5) is 5.13 Å². The Morgan fingerprint density at radius 2 is 1.81 bits per heavy atom. The number of hydrogen-bond acceptors (Lipinski definition) is 4. The molecular weight excluding hydrogens is 382 g/mol. The van der Waals surface area contributed by atoms with Crippen LogP contribution in [-0.2, 0) is 13.0 Å². The lowest BCUT2D eigenvalue weighted by Crippen LogP contribution is -2.36. The minimum absolute atomic E-state index is 0.118. The summed E-state index contributed by atoms with van der Waals surface area (Å²) >= 11 is 7.07. The summed E-state index contributed by atoms with van der Waals surface area (Å²) in [5, 5.41) is 5.37. The van der Waals surface area contributed by atoms with Crippen LogP contribution in [0.25, 0.3) is 0 Å². The molecule has 2 amide bonds. The van der Waals surface area contributed by atoms with E-state index < -0.39 is 0 Å². The van der Waals surface area contributed by atoms with E-state index in [1.807, 2.05) is 18.2 Å². The zero-order chi connectivity index (χ0) is 18.8. The van der Waals surface area contributed by atoms with Gasteiger partial charge in [-0.05, 0) is 41.8 Å². The molecule has 0 radical (unpaired) electrons. The second kappa shape index (κ2) is 7.50. The maximum atomic E-state index is 12.8. The number of aromatic nitrogens is 1. The SMILES string of the molecule is O=C(Nc1nc(C(=O)N2CCc3ccccc3C2)cs1)c1ccc(Cl)cc1. The molecule has 0 saturated carbocycles. The minimum Gasteiger partial charge on any atom is -0.333 e. The molecule has 5 nitrogen and oxygen atoms in total. The number of halogens is 1. The molecule has 0 unspecified atom stereocenters.